The molecule has 0 saturated carbocycles. The molecule has 0 fully saturated rings. The summed E-state index contributed by atoms with van der Waals surface area (Å²) in [5.41, 5.74) is 2.44. The molecule has 4 heteroatoms. The second-order valence-corrected chi connectivity index (χ2v) is 5.37. The molecule has 0 spiro atoms. The van der Waals surface area contributed by atoms with Gasteiger partial charge in [0.1, 0.15) is 5.82 Å². The molecule has 1 aromatic carbocycles. The SMILES string of the molecule is OC1/C=C\c2c(F)cccc2CC/C(C2CC=CC=N2)=C\O1. The van der Waals surface area contributed by atoms with Crippen LogP contribution in [0.4, 0.5) is 4.39 Å². The first-order chi connectivity index (χ1) is 10.7. The summed E-state index contributed by atoms with van der Waals surface area (Å²) >= 11 is 0. The highest BCUT2D eigenvalue weighted by molar-refractivity contribution is 5.72. The lowest BCUT2D eigenvalue weighted by molar-refractivity contribution is -0.0119. The number of allylic oxidation sites excluding steroid dienone is 1. The van der Waals surface area contributed by atoms with Gasteiger partial charge in [-0.15, -0.1) is 0 Å². The zero-order valence-corrected chi connectivity index (χ0v) is 12.2. The van der Waals surface area contributed by atoms with Gasteiger partial charge in [0.2, 0.25) is 6.29 Å². The van der Waals surface area contributed by atoms with E-state index in [1.807, 2.05) is 12.1 Å². The Balaban J connectivity index is 1.90. The molecule has 1 N–H and O–H groups in total. The molecule has 3 rings (SSSR count). The standard InChI is InChI=1S/C18H18FNO2/c19-16-5-3-4-13-7-8-14(17-6-1-2-11-20-17)12-22-18(21)10-9-15(13)16/h1-5,9-12,17-18,21H,6-8H2/b10-9-,14-12+. The van der Waals surface area contributed by atoms with Crippen LogP contribution >= 0.6 is 0 Å². The number of hydrogen-bond acceptors (Lipinski definition) is 3. The van der Waals surface area contributed by atoms with E-state index in [0.717, 1.165) is 17.6 Å². The van der Waals surface area contributed by atoms with E-state index in [1.165, 1.54) is 12.1 Å². The van der Waals surface area contributed by atoms with Crippen molar-refractivity contribution in [2.24, 2.45) is 4.99 Å². The average molecular weight is 299 g/mol. The number of aryl methyl sites for hydroxylation is 1. The van der Waals surface area contributed by atoms with Crippen LogP contribution in [0.25, 0.3) is 6.08 Å². The van der Waals surface area contributed by atoms with Gasteiger partial charge in [0.15, 0.2) is 0 Å². The molecule has 2 aliphatic rings. The fraction of sp³-hybridized carbons (Fsp3) is 0.278. The van der Waals surface area contributed by atoms with Gasteiger partial charge in [0.25, 0.3) is 0 Å². The fourth-order valence-electron chi connectivity index (χ4n) is 2.68. The van der Waals surface area contributed by atoms with Crippen LogP contribution in [0.2, 0.25) is 0 Å². The smallest absolute Gasteiger partial charge is 0.216 e. The van der Waals surface area contributed by atoms with Crippen LogP contribution < -0.4 is 0 Å². The second kappa shape index (κ2) is 6.71. The fourth-order valence-corrected chi connectivity index (χ4v) is 2.68. The zero-order chi connectivity index (χ0) is 15.4. The van der Waals surface area contributed by atoms with Gasteiger partial charge >= 0.3 is 0 Å². The Bertz CT molecular complexity index is 661. The van der Waals surface area contributed by atoms with Crippen molar-refractivity contribution in [3.8, 4) is 0 Å². The third kappa shape index (κ3) is 3.34. The number of aliphatic imine (C=N–C) groups is 1. The van der Waals surface area contributed by atoms with E-state index in [0.29, 0.717) is 18.4 Å². The van der Waals surface area contributed by atoms with Gasteiger partial charge < -0.3 is 9.84 Å². The lowest BCUT2D eigenvalue weighted by Crippen LogP contribution is -2.14. The Kier molecular flexibility index (Phi) is 4.49. The Labute approximate surface area is 129 Å². The Morgan fingerprint density at radius 1 is 1.27 bits per heavy atom. The molecular formula is C18H18FNO2. The van der Waals surface area contributed by atoms with E-state index in [9.17, 15) is 9.50 Å². The predicted molar refractivity (Wildman–Crippen MR) is 85.0 cm³/mol. The molecule has 0 bridgehead atoms. The molecule has 3 nitrogen and oxygen atoms in total. The van der Waals surface area contributed by atoms with E-state index >= 15 is 0 Å². The van der Waals surface area contributed by atoms with Crippen LogP contribution in [0.1, 0.15) is 24.0 Å². The molecule has 2 unspecified atom stereocenters. The van der Waals surface area contributed by atoms with E-state index in [-0.39, 0.29) is 11.9 Å². The van der Waals surface area contributed by atoms with Gasteiger partial charge in [-0.2, -0.15) is 0 Å². The number of fused-ring (bicyclic) bond motifs is 1. The summed E-state index contributed by atoms with van der Waals surface area (Å²) in [5.74, 6) is -0.286. The molecule has 0 radical (unpaired) electrons. The van der Waals surface area contributed by atoms with Gasteiger partial charge in [-0.1, -0.05) is 18.2 Å². The van der Waals surface area contributed by atoms with Gasteiger partial charge in [0, 0.05) is 11.8 Å². The molecule has 2 aliphatic heterocycles. The monoisotopic (exact) mass is 299 g/mol. The Hall–Kier alpha value is -2.20. The van der Waals surface area contributed by atoms with Crippen molar-refractivity contribution in [2.45, 2.75) is 31.6 Å². The topological polar surface area (TPSA) is 41.8 Å². The summed E-state index contributed by atoms with van der Waals surface area (Å²) in [7, 11) is 0. The van der Waals surface area contributed by atoms with Gasteiger partial charge in [-0.3, -0.25) is 4.99 Å². The van der Waals surface area contributed by atoms with E-state index in [2.05, 4.69) is 11.1 Å². The normalized spacial score (nSPS) is 28.2. The summed E-state index contributed by atoms with van der Waals surface area (Å²) < 4.78 is 19.3. The van der Waals surface area contributed by atoms with E-state index < -0.39 is 6.29 Å². The molecule has 114 valence electrons. The first-order valence-electron chi connectivity index (χ1n) is 7.40. The first kappa shape index (κ1) is 14.7. The number of benzene rings is 1. The second-order valence-electron chi connectivity index (χ2n) is 5.37. The average Bonchev–Trinajstić information content (AvgIpc) is 2.55. The maximum Gasteiger partial charge on any atom is 0.216 e. The van der Waals surface area contributed by atoms with Crippen molar-refractivity contribution in [1.82, 2.24) is 0 Å². The number of halogens is 1. The highest BCUT2D eigenvalue weighted by Crippen LogP contribution is 2.24. The largest absolute Gasteiger partial charge is 0.469 e. The highest BCUT2D eigenvalue weighted by atomic mass is 19.1. The van der Waals surface area contributed by atoms with Crippen molar-refractivity contribution in [2.75, 3.05) is 0 Å². The van der Waals surface area contributed by atoms with Crippen molar-refractivity contribution in [3.63, 3.8) is 0 Å². The Morgan fingerprint density at radius 3 is 3.00 bits per heavy atom. The number of nitrogens with zero attached hydrogens (tertiary/aromatic N) is 1. The van der Waals surface area contributed by atoms with Gasteiger partial charge in [-0.05, 0) is 54.7 Å². The molecule has 0 amide bonds. The predicted octanol–water partition coefficient (Wildman–Crippen LogP) is 3.40. The molecular weight excluding hydrogens is 281 g/mol. The molecule has 2 atom stereocenters. The van der Waals surface area contributed by atoms with Gasteiger partial charge in [-0.25, -0.2) is 4.39 Å². The molecule has 0 saturated heterocycles. The number of aliphatic hydroxyl groups excluding tert-OH is 1. The number of rotatable bonds is 1. The maximum atomic E-state index is 14.0. The molecule has 2 heterocycles. The number of dihydropyridines is 1. The minimum absolute atomic E-state index is 0.0256. The van der Waals surface area contributed by atoms with Crippen LogP contribution in [-0.2, 0) is 11.2 Å². The minimum Gasteiger partial charge on any atom is -0.469 e. The third-order valence-electron chi connectivity index (χ3n) is 3.89. The summed E-state index contributed by atoms with van der Waals surface area (Å²) in [5, 5.41) is 9.84. The van der Waals surface area contributed by atoms with Crippen LogP contribution in [-0.4, -0.2) is 23.7 Å². The van der Waals surface area contributed by atoms with E-state index in [4.69, 9.17) is 4.74 Å². The Morgan fingerprint density at radius 2 is 2.18 bits per heavy atom. The maximum absolute atomic E-state index is 14.0. The highest BCUT2D eigenvalue weighted by Gasteiger charge is 2.16. The minimum atomic E-state index is -1.09. The first-order valence-corrected chi connectivity index (χ1v) is 7.40. The summed E-state index contributed by atoms with van der Waals surface area (Å²) in [6.07, 6.45) is 11.5. The van der Waals surface area contributed by atoms with E-state index in [1.54, 1.807) is 24.6 Å². The molecule has 22 heavy (non-hydrogen) atoms. The number of aliphatic hydroxyl groups is 1. The van der Waals surface area contributed by atoms with Crippen LogP contribution in [0.3, 0.4) is 0 Å². The van der Waals surface area contributed by atoms with Crippen LogP contribution in [0.15, 0.2) is 53.3 Å². The van der Waals surface area contributed by atoms with Crippen LogP contribution in [0.5, 0.6) is 0 Å². The third-order valence-corrected chi connectivity index (χ3v) is 3.89. The molecule has 0 aliphatic carbocycles. The lowest BCUT2D eigenvalue weighted by Gasteiger charge is -2.19. The van der Waals surface area contributed by atoms with Gasteiger partial charge in [0.05, 0.1) is 12.3 Å². The van der Waals surface area contributed by atoms with Crippen molar-refractivity contribution in [1.29, 1.82) is 0 Å². The quantitative estimate of drug-likeness (QED) is 0.863. The molecule has 0 aromatic heterocycles. The summed E-state index contributed by atoms with van der Waals surface area (Å²) in [6, 6.07) is 5.08. The number of hydrogen-bond donors (Lipinski definition) is 1. The summed E-state index contributed by atoms with van der Waals surface area (Å²) in [4.78, 5) is 4.44. The zero-order valence-electron chi connectivity index (χ0n) is 12.2. The summed E-state index contributed by atoms with van der Waals surface area (Å²) in [6.45, 7) is 0. The molecule has 1 aromatic rings. The van der Waals surface area contributed by atoms with Crippen molar-refractivity contribution < 1.29 is 14.2 Å². The van der Waals surface area contributed by atoms with Crippen molar-refractivity contribution in [3.05, 3.63) is 65.2 Å². The van der Waals surface area contributed by atoms with Crippen LogP contribution in [0, 0.1) is 5.82 Å². The van der Waals surface area contributed by atoms with Crippen molar-refractivity contribution >= 4 is 12.3 Å². The number of ether oxygens (including phenoxy) is 1. The lowest BCUT2D eigenvalue weighted by atomic mass is 9.94.